The molecular formula is C20H23FN4O2. The number of hydrogen-bond donors (Lipinski definition) is 2. The van der Waals surface area contributed by atoms with Crippen molar-refractivity contribution >= 4 is 17.5 Å². The van der Waals surface area contributed by atoms with Crippen LogP contribution >= 0.6 is 0 Å². The van der Waals surface area contributed by atoms with Crippen molar-refractivity contribution in [3.63, 3.8) is 0 Å². The zero-order valence-corrected chi connectivity index (χ0v) is 15.0. The molecule has 27 heavy (non-hydrogen) atoms. The summed E-state index contributed by atoms with van der Waals surface area (Å²) >= 11 is 0. The Kier molecular flexibility index (Phi) is 6.03. The number of amides is 2. The van der Waals surface area contributed by atoms with Gasteiger partial charge in [-0.25, -0.2) is 4.39 Å². The largest absolute Gasteiger partial charge is 0.399 e. The predicted molar refractivity (Wildman–Crippen MR) is 102 cm³/mol. The van der Waals surface area contributed by atoms with Gasteiger partial charge in [0.1, 0.15) is 5.82 Å². The summed E-state index contributed by atoms with van der Waals surface area (Å²) in [5.41, 5.74) is 6.96. The standard InChI is InChI=1S/C20H23FN4O2/c21-18-7-2-1-6-17(18)19(26)23-8-9-24-10-12-25(13-11-24)20(27)15-4-3-5-16(22)14-15/h1-7,14H,8-13,22H2,(H,23,26). The van der Waals surface area contributed by atoms with Crippen molar-refractivity contribution in [3.8, 4) is 0 Å². The fourth-order valence-corrected chi connectivity index (χ4v) is 3.10. The minimum atomic E-state index is -0.524. The van der Waals surface area contributed by atoms with Crippen LogP contribution in [-0.2, 0) is 0 Å². The van der Waals surface area contributed by atoms with Crippen molar-refractivity contribution < 1.29 is 14.0 Å². The molecule has 0 saturated carbocycles. The number of nitrogens with two attached hydrogens (primary N) is 1. The molecule has 7 heteroatoms. The lowest BCUT2D eigenvalue weighted by molar-refractivity contribution is 0.0638. The SMILES string of the molecule is Nc1cccc(C(=O)N2CCN(CCNC(=O)c3ccccc3F)CC2)c1. The maximum Gasteiger partial charge on any atom is 0.254 e. The zero-order chi connectivity index (χ0) is 19.2. The van der Waals surface area contributed by atoms with Gasteiger partial charge < -0.3 is 16.0 Å². The molecule has 2 amide bonds. The first-order chi connectivity index (χ1) is 13.0. The molecule has 1 aliphatic rings. The van der Waals surface area contributed by atoms with Crippen molar-refractivity contribution in [3.05, 3.63) is 65.5 Å². The Labute approximate surface area is 157 Å². The van der Waals surface area contributed by atoms with Gasteiger partial charge in [-0.05, 0) is 30.3 Å². The first kappa shape index (κ1) is 18.8. The van der Waals surface area contributed by atoms with Crippen LogP contribution in [0.15, 0.2) is 48.5 Å². The molecule has 0 radical (unpaired) electrons. The third kappa shape index (κ3) is 4.83. The Bertz CT molecular complexity index is 819. The van der Waals surface area contributed by atoms with E-state index in [0.29, 0.717) is 37.4 Å². The topological polar surface area (TPSA) is 78.7 Å². The van der Waals surface area contributed by atoms with Crippen LogP contribution in [0.3, 0.4) is 0 Å². The second kappa shape index (κ2) is 8.64. The molecular weight excluding hydrogens is 347 g/mol. The normalized spacial score (nSPS) is 14.8. The minimum Gasteiger partial charge on any atom is -0.399 e. The van der Waals surface area contributed by atoms with Gasteiger partial charge in [0.05, 0.1) is 5.56 Å². The first-order valence-corrected chi connectivity index (χ1v) is 8.94. The molecule has 1 heterocycles. The van der Waals surface area contributed by atoms with Gasteiger partial charge >= 0.3 is 0 Å². The van der Waals surface area contributed by atoms with Gasteiger partial charge in [-0.2, -0.15) is 0 Å². The fourth-order valence-electron chi connectivity index (χ4n) is 3.10. The lowest BCUT2D eigenvalue weighted by atomic mass is 10.1. The molecule has 0 bridgehead atoms. The average Bonchev–Trinajstić information content (AvgIpc) is 2.68. The number of rotatable bonds is 5. The number of piperazine rings is 1. The molecule has 1 saturated heterocycles. The van der Waals surface area contributed by atoms with E-state index in [1.165, 1.54) is 12.1 Å². The monoisotopic (exact) mass is 370 g/mol. The smallest absolute Gasteiger partial charge is 0.254 e. The number of nitrogens with zero attached hydrogens (tertiary/aromatic N) is 2. The minimum absolute atomic E-state index is 0.0187. The molecule has 0 aromatic heterocycles. The van der Waals surface area contributed by atoms with Gasteiger partial charge in [0.15, 0.2) is 0 Å². The van der Waals surface area contributed by atoms with Crippen molar-refractivity contribution in [2.45, 2.75) is 0 Å². The number of halogens is 1. The molecule has 2 aromatic rings. The van der Waals surface area contributed by atoms with E-state index in [9.17, 15) is 14.0 Å². The highest BCUT2D eigenvalue weighted by Crippen LogP contribution is 2.12. The van der Waals surface area contributed by atoms with E-state index < -0.39 is 11.7 Å². The van der Waals surface area contributed by atoms with Crippen molar-refractivity contribution in [2.24, 2.45) is 0 Å². The van der Waals surface area contributed by atoms with E-state index in [1.807, 2.05) is 4.90 Å². The van der Waals surface area contributed by atoms with E-state index in [2.05, 4.69) is 10.2 Å². The van der Waals surface area contributed by atoms with Gasteiger partial charge in [-0.3, -0.25) is 14.5 Å². The summed E-state index contributed by atoms with van der Waals surface area (Å²) in [5.74, 6) is -0.956. The zero-order valence-electron chi connectivity index (χ0n) is 15.0. The average molecular weight is 370 g/mol. The van der Waals surface area contributed by atoms with Crippen LogP contribution in [0.1, 0.15) is 20.7 Å². The van der Waals surface area contributed by atoms with Crippen molar-refractivity contribution in [1.29, 1.82) is 0 Å². The van der Waals surface area contributed by atoms with Gasteiger partial charge in [0.2, 0.25) is 0 Å². The number of carbonyl (C=O) groups is 2. The van der Waals surface area contributed by atoms with Crippen LogP contribution in [0.2, 0.25) is 0 Å². The molecule has 3 N–H and O–H groups in total. The highest BCUT2D eigenvalue weighted by molar-refractivity contribution is 5.95. The summed E-state index contributed by atoms with van der Waals surface area (Å²) in [6, 6.07) is 12.9. The van der Waals surface area contributed by atoms with Crippen LogP contribution in [0.5, 0.6) is 0 Å². The lowest BCUT2D eigenvalue weighted by Gasteiger charge is -2.34. The highest BCUT2D eigenvalue weighted by atomic mass is 19.1. The molecule has 1 fully saturated rings. The van der Waals surface area contributed by atoms with E-state index in [0.717, 1.165) is 13.1 Å². The maximum absolute atomic E-state index is 13.6. The second-order valence-corrected chi connectivity index (χ2v) is 6.50. The molecule has 6 nitrogen and oxygen atoms in total. The Hall–Kier alpha value is -2.93. The van der Waals surface area contributed by atoms with E-state index >= 15 is 0 Å². The van der Waals surface area contributed by atoms with Gasteiger partial charge in [-0.1, -0.05) is 18.2 Å². The van der Waals surface area contributed by atoms with E-state index in [-0.39, 0.29) is 11.5 Å². The summed E-state index contributed by atoms with van der Waals surface area (Å²) in [6.45, 7) is 3.77. The van der Waals surface area contributed by atoms with E-state index in [4.69, 9.17) is 5.73 Å². The van der Waals surface area contributed by atoms with Crippen LogP contribution in [-0.4, -0.2) is 60.9 Å². The number of nitrogen functional groups attached to an aromatic ring is 1. The molecule has 2 aromatic carbocycles. The molecule has 0 aliphatic carbocycles. The molecule has 0 unspecified atom stereocenters. The quantitative estimate of drug-likeness (QED) is 0.784. The van der Waals surface area contributed by atoms with Crippen molar-refractivity contribution in [2.75, 3.05) is 45.0 Å². The van der Waals surface area contributed by atoms with Crippen LogP contribution in [0.25, 0.3) is 0 Å². The lowest BCUT2D eigenvalue weighted by Crippen LogP contribution is -2.50. The fraction of sp³-hybridized carbons (Fsp3) is 0.300. The predicted octanol–water partition coefficient (Wildman–Crippen LogP) is 1.60. The van der Waals surface area contributed by atoms with Crippen LogP contribution < -0.4 is 11.1 Å². The number of carbonyl (C=O) groups excluding carboxylic acids is 2. The maximum atomic E-state index is 13.6. The molecule has 0 atom stereocenters. The third-order valence-electron chi connectivity index (χ3n) is 4.63. The number of benzene rings is 2. The first-order valence-electron chi connectivity index (χ1n) is 8.94. The number of nitrogens with one attached hydrogen (secondary N) is 1. The summed E-state index contributed by atoms with van der Waals surface area (Å²) in [7, 11) is 0. The second-order valence-electron chi connectivity index (χ2n) is 6.50. The summed E-state index contributed by atoms with van der Waals surface area (Å²) in [4.78, 5) is 28.5. The highest BCUT2D eigenvalue weighted by Gasteiger charge is 2.22. The van der Waals surface area contributed by atoms with Gasteiger partial charge in [-0.15, -0.1) is 0 Å². The number of anilines is 1. The number of hydrogen-bond acceptors (Lipinski definition) is 4. The molecule has 3 rings (SSSR count). The molecule has 0 spiro atoms. The third-order valence-corrected chi connectivity index (χ3v) is 4.63. The van der Waals surface area contributed by atoms with Gasteiger partial charge in [0.25, 0.3) is 11.8 Å². The van der Waals surface area contributed by atoms with E-state index in [1.54, 1.807) is 36.4 Å². The Balaban J connectivity index is 1.43. The Morgan fingerprint density at radius 3 is 2.48 bits per heavy atom. The summed E-state index contributed by atoms with van der Waals surface area (Å²) < 4.78 is 13.6. The van der Waals surface area contributed by atoms with Crippen molar-refractivity contribution in [1.82, 2.24) is 15.1 Å². The molecule has 142 valence electrons. The summed E-state index contributed by atoms with van der Waals surface area (Å²) in [5, 5.41) is 2.74. The van der Waals surface area contributed by atoms with Crippen LogP contribution in [0, 0.1) is 5.82 Å². The summed E-state index contributed by atoms with van der Waals surface area (Å²) in [6.07, 6.45) is 0. The Morgan fingerprint density at radius 2 is 1.78 bits per heavy atom. The molecule has 1 aliphatic heterocycles. The van der Waals surface area contributed by atoms with Gasteiger partial charge in [0, 0.05) is 50.5 Å². The Morgan fingerprint density at radius 1 is 1.04 bits per heavy atom. The van der Waals surface area contributed by atoms with Crippen LogP contribution in [0.4, 0.5) is 10.1 Å².